The first-order valence-electron chi connectivity index (χ1n) is 3.71. The molecule has 4 heteroatoms. The zero-order chi connectivity index (χ0) is 9.35. The highest BCUT2D eigenvalue weighted by Gasteiger charge is 2.20. The van der Waals surface area contributed by atoms with Crippen LogP contribution in [-0.4, -0.2) is 20.9 Å². The minimum Gasteiger partial charge on any atom is -0.477 e. The first kappa shape index (κ1) is 8.77. The molecule has 0 fully saturated rings. The molecular formula is C8H12N2O2. The molecule has 0 unspecified atom stereocenters. The molecule has 0 saturated heterocycles. The van der Waals surface area contributed by atoms with Gasteiger partial charge in [0.05, 0.1) is 5.54 Å². The number of carboxylic acids is 1. The summed E-state index contributed by atoms with van der Waals surface area (Å²) in [5, 5.41) is 12.7. The van der Waals surface area contributed by atoms with Gasteiger partial charge < -0.3 is 5.11 Å². The van der Waals surface area contributed by atoms with Gasteiger partial charge in [-0.1, -0.05) is 0 Å². The van der Waals surface area contributed by atoms with Crippen molar-refractivity contribution in [3.05, 3.63) is 18.0 Å². The van der Waals surface area contributed by atoms with Crippen molar-refractivity contribution in [2.45, 2.75) is 26.3 Å². The molecule has 1 heterocycles. The molecule has 12 heavy (non-hydrogen) atoms. The number of aromatic nitrogens is 2. The molecule has 1 rings (SSSR count). The summed E-state index contributed by atoms with van der Waals surface area (Å²) in [4.78, 5) is 10.7. The zero-order valence-corrected chi connectivity index (χ0v) is 7.40. The van der Waals surface area contributed by atoms with Gasteiger partial charge in [0.1, 0.15) is 5.69 Å². The molecule has 4 nitrogen and oxygen atoms in total. The van der Waals surface area contributed by atoms with E-state index >= 15 is 0 Å². The SMILES string of the molecule is CC(C)(C)n1nccc1C(=O)O. The van der Waals surface area contributed by atoms with E-state index in [4.69, 9.17) is 5.11 Å². The summed E-state index contributed by atoms with van der Waals surface area (Å²) in [5.74, 6) is -0.942. The maximum Gasteiger partial charge on any atom is 0.354 e. The van der Waals surface area contributed by atoms with E-state index in [1.54, 1.807) is 0 Å². The monoisotopic (exact) mass is 168 g/mol. The van der Waals surface area contributed by atoms with Crippen molar-refractivity contribution in [2.75, 3.05) is 0 Å². The van der Waals surface area contributed by atoms with Crippen molar-refractivity contribution in [1.82, 2.24) is 9.78 Å². The van der Waals surface area contributed by atoms with E-state index in [2.05, 4.69) is 5.10 Å². The lowest BCUT2D eigenvalue weighted by Gasteiger charge is -2.20. The lowest BCUT2D eigenvalue weighted by molar-refractivity contribution is 0.0675. The maximum atomic E-state index is 10.7. The number of carboxylic acid groups (broad SMARTS) is 1. The van der Waals surface area contributed by atoms with Crippen LogP contribution in [0.3, 0.4) is 0 Å². The molecule has 0 aliphatic carbocycles. The normalized spacial score (nSPS) is 11.6. The van der Waals surface area contributed by atoms with Gasteiger partial charge in [-0.3, -0.25) is 4.68 Å². The molecule has 0 amide bonds. The van der Waals surface area contributed by atoms with Crippen molar-refractivity contribution in [1.29, 1.82) is 0 Å². The van der Waals surface area contributed by atoms with Crippen LogP contribution in [0.2, 0.25) is 0 Å². The van der Waals surface area contributed by atoms with Crippen LogP contribution in [0.25, 0.3) is 0 Å². The van der Waals surface area contributed by atoms with E-state index in [1.165, 1.54) is 16.9 Å². The molecule has 0 saturated carbocycles. The van der Waals surface area contributed by atoms with Crippen molar-refractivity contribution in [3.8, 4) is 0 Å². The lowest BCUT2D eigenvalue weighted by atomic mass is 10.1. The number of hydrogen-bond acceptors (Lipinski definition) is 2. The highest BCUT2D eigenvalue weighted by Crippen LogP contribution is 2.14. The molecule has 1 aromatic heterocycles. The number of aromatic carboxylic acids is 1. The third-order valence-corrected chi connectivity index (χ3v) is 1.50. The van der Waals surface area contributed by atoms with Crippen LogP contribution < -0.4 is 0 Å². The molecular weight excluding hydrogens is 156 g/mol. The molecule has 66 valence electrons. The van der Waals surface area contributed by atoms with E-state index in [9.17, 15) is 4.79 Å². The molecule has 0 bridgehead atoms. The van der Waals surface area contributed by atoms with Gasteiger partial charge in [-0.15, -0.1) is 0 Å². The van der Waals surface area contributed by atoms with Crippen molar-refractivity contribution in [3.63, 3.8) is 0 Å². The van der Waals surface area contributed by atoms with Gasteiger partial charge in [0.25, 0.3) is 0 Å². The Bertz CT molecular complexity index is 296. The van der Waals surface area contributed by atoms with Gasteiger partial charge in [0.2, 0.25) is 0 Å². The lowest BCUT2D eigenvalue weighted by Crippen LogP contribution is -2.26. The summed E-state index contributed by atoms with van der Waals surface area (Å²) in [6.07, 6.45) is 1.49. The Kier molecular flexibility index (Phi) is 1.92. The van der Waals surface area contributed by atoms with Crippen LogP contribution in [0, 0.1) is 0 Å². The second-order valence-electron chi connectivity index (χ2n) is 3.60. The fraction of sp³-hybridized carbons (Fsp3) is 0.500. The molecule has 0 spiro atoms. The number of rotatable bonds is 1. The minimum atomic E-state index is -0.942. The van der Waals surface area contributed by atoms with E-state index in [-0.39, 0.29) is 11.2 Å². The van der Waals surface area contributed by atoms with Crippen LogP contribution in [0.4, 0.5) is 0 Å². The third-order valence-electron chi connectivity index (χ3n) is 1.50. The maximum absolute atomic E-state index is 10.7. The zero-order valence-electron chi connectivity index (χ0n) is 7.40. The van der Waals surface area contributed by atoms with Gasteiger partial charge in [0.15, 0.2) is 0 Å². The van der Waals surface area contributed by atoms with Gasteiger partial charge in [0, 0.05) is 6.20 Å². The molecule has 0 atom stereocenters. The summed E-state index contributed by atoms with van der Waals surface area (Å²) in [6, 6.07) is 1.49. The van der Waals surface area contributed by atoms with Gasteiger partial charge in [-0.05, 0) is 26.8 Å². The summed E-state index contributed by atoms with van der Waals surface area (Å²) < 4.78 is 1.50. The van der Waals surface area contributed by atoms with E-state index in [0.29, 0.717) is 0 Å². The smallest absolute Gasteiger partial charge is 0.354 e. The van der Waals surface area contributed by atoms with Crippen LogP contribution in [0.5, 0.6) is 0 Å². The van der Waals surface area contributed by atoms with Crippen LogP contribution in [0.1, 0.15) is 31.3 Å². The van der Waals surface area contributed by atoms with E-state index < -0.39 is 5.97 Å². The van der Waals surface area contributed by atoms with Crippen molar-refractivity contribution >= 4 is 5.97 Å². The van der Waals surface area contributed by atoms with Crippen molar-refractivity contribution < 1.29 is 9.90 Å². The first-order valence-corrected chi connectivity index (χ1v) is 3.71. The summed E-state index contributed by atoms with van der Waals surface area (Å²) >= 11 is 0. The number of nitrogens with zero attached hydrogens (tertiary/aromatic N) is 2. The van der Waals surface area contributed by atoms with Gasteiger partial charge in [-0.25, -0.2) is 4.79 Å². The Labute approximate surface area is 70.8 Å². The quantitative estimate of drug-likeness (QED) is 0.688. The Balaban J connectivity index is 3.17. The molecule has 0 aromatic carbocycles. The van der Waals surface area contributed by atoms with Crippen LogP contribution >= 0.6 is 0 Å². The van der Waals surface area contributed by atoms with E-state index in [0.717, 1.165) is 0 Å². The highest BCUT2D eigenvalue weighted by molar-refractivity contribution is 5.85. The molecule has 0 aliphatic heterocycles. The Morgan fingerprint density at radius 1 is 1.58 bits per heavy atom. The van der Waals surface area contributed by atoms with Crippen molar-refractivity contribution in [2.24, 2.45) is 0 Å². The Morgan fingerprint density at radius 2 is 2.17 bits per heavy atom. The number of hydrogen-bond donors (Lipinski definition) is 1. The number of carbonyl (C=O) groups is 1. The summed E-state index contributed by atoms with van der Waals surface area (Å²) in [7, 11) is 0. The fourth-order valence-corrected chi connectivity index (χ4v) is 1.000. The van der Waals surface area contributed by atoms with Gasteiger partial charge >= 0.3 is 5.97 Å². The van der Waals surface area contributed by atoms with Crippen LogP contribution in [0.15, 0.2) is 12.3 Å². The highest BCUT2D eigenvalue weighted by atomic mass is 16.4. The summed E-state index contributed by atoms with van der Waals surface area (Å²) in [5.41, 5.74) is -0.0560. The predicted molar refractivity (Wildman–Crippen MR) is 44.2 cm³/mol. The van der Waals surface area contributed by atoms with Crippen LogP contribution in [-0.2, 0) is 5.54 Å². The topological polar surface area (TPSA) is 55.1 Å². The molecule has 0 radical (unpaired) electrons. The molecule has 1 aromatic rings. The Hall–Kier alpha value is -1.32. The largest absolute Gasteiger partial charge is 0.477 e. The fourth-order valence-electron chi connectivity index (χ4n) is 1.000. The third kappa shape index (κ3) is 1.47. The second-order valence-corrected chi connectivity index (χ2v) is 3.60. The first-order chi connectivity index (χ1) is 5.43. The minimum absolute atomic E-state index is 0.225. The predicted octanol–water partition coefficient (Wildman–Crippen LogP) is 1.34. The average molecular weight is 168 g/mol. The second kappa shape index (κ2) is 2.62. The molecule has 1 N–H and O–H groups in total. The van der Waals surface area contributed by atoms with Gasteiger partial charge in [-0.2, -0.15) is 5.10 Å². The molecule has 0 aliphatic rings. The average Bonchev–Trinajstić information content (AvgIpc) is 2.30. The standard InChI is InChI=1S/C8H12N2O2/c1-8(2,3)10-6(7(11)12)4-5-9-10/h4-5H,1-3H3,(H,11,12). The Morgan fingerprint density at radius 3 is 2.50 bits per heavy atom. The van der Waals surface area contributed by atoms with E-state index in [1.807, 2.05) is 20.8 Å². The summed E-state index contributed by atoms with van der Waals surface area (Å²) in [6.45, 7) is 5.73.